The van der Waals surface area contributed by atoms with Crippen LogP contribution in [-0.2, 0) is 16.0 Å². The number of nitrogens with zero attached hydrogens (tertiary/aromatic N) is 3. The third kappa shape index (κ3) is 4.72. The van der Waals surface area contributed by atoms with Crippen molar-refractivity contribution in [1.82, 2.24) is 19.7 Å². The van der Waals surface area contributed by atoms with Crippen molar-refractivity contribution in [2.24, 2.45) is 5.41 Å². The molecule has 0 saturated heterocycles. The van der Waals surface area contributed by atoms with E-state index in [1.165, 1.54) is 0 Å². The van der Waals surface area contributed by atoms with Crippen LogP contribution in [0.3, 0.4) is 0 Å². The van der Waals surface area contributed by atoms with Gasteiger partial charge in [0, 0.05) is 23.8 Å². The predicted molar refractivity (Wildman–Crippen MR) is 142 cm³/mol. The fraction of sp³-hybridized carbons (Fsp3) is 0.448. The second-order valence-corrected chi connectivity index (χ2v) is 10.9. The molecule has 3 aromatic rings. The molecule has 1 atom stereocenters. The molecule has 3 heterocycles. The van der Waals surface area contributed by atoms with Crippen molar-refractivity contribution in [1.29, 1.82) is 0 Å². The van der Waals surface area contributed by atoms with Crippen molar-refractivity contribution in [2.45, 2.75) is 65.8 Å². The van der Waals surface area contributed by atoms with Crippen molar-refractivity contribution >= 4 is 29.2 Å². The smallest absolute Gasteiger partial charge is 0.338 e. The summed E-state index contributed by atoms with van der Waals surface area (Å²) >= 11 is 0. The lowest BCUT2D eigenvalue weighted by Crippen LogP contribution is -2.36. The van der Waals surface area contributed by atoms with Crippen molar-refractivity contribution < 1.29 is 19.1 Å². The van der Waals surface area contributed by atoms with Crippen LogP contribution in [0, 0.1) is 5.41 Å². The lowest BCUT2D eigenvalue weighted by molar-refractivity contribution is -0.129. The van der Waals surface area contributed by atoms with Crippen LogP contribution in [0.25, 0.3) is 17.3 Å². The van der Waals surface area contributed by atoms with E-state index in [9.17, 15) is 9.59 Å². The number of imidazole rings is 1. The molecule has 1 fully saturated rings. The van der Waals surface area contributed by atoms with E-state index in [2.05, 4.69) is 17.5 Å². The summed E-state index contributed by atoms with van der Waals surface area (Å²) in [6, 6.07) is 7.35. The number of pyridine rings is 2. The number of carbonyl (C=O) groups is 2. The first kappa shape index (κ1) is 25.0. The molecule has 0 aliphatic heterocycles. The molecule has 1 amide bonds. The van der Waals surface area contributed by atoms with E-state index in [1.54, 1.807) is 26.2 Å². The number of nitrogens with one attached hydrogen (secondary N) is 1. The first-order valence-electron chi connectivity index (χ1n) is 12.9. The number of esters is 1. The van der Waals surface area contributed by atoms with Crippen molar-refractivity contribution in [2.75, 3.05) is 13.7 Å². The number of rotatable bonds is 7. The Morgan fingerprint density at radius 1 is 1.19 bits per heavy atom. The van der Waals surface area contributed by atoms with E-state index in [0.29, 0.717) is 36.0 Å². The second-order valence-electron chi connectivity index (χ2n) is 10.9. The first-order chi connectivity index (χ1) is 17.6. The van der Waals surface area contributed by atoms with E-state index in [0.717, 1.165) is 46.8 Å². The molecule has 1 N–H and O–H groups in total. The number of allylic oxidation sites excluding steroid dienone is 1. The Morgan fingerprint density at radius 3 is 2.59 bits per heavy atom. The highest BCUT2D eigenvalue weighted by Crippen LogP contribution is 2.46. The zero-order valence-electron chi connectivity index (χ0n) is 22.3. The van der Waals surface area contributed by atoms with E-state index in [1.807, 2.05) is 38.2 Å². The Labute approximate surface area is 217 Å². The van der Waals surface area contributed by atoms with Gasteiger partial charge >= 0.3 is 5.97 Å². The maximum atomic E-state index is 12.5. The third-order valence-corrected chi connectivity index (χ3v) is 6.90. The molecular weight excluding hydrogens is 468 g/mol. The van der Waals surface area contributed by atoms with Gasteiger partial charge < -0.3 is 14.8 Å². The maximum Gasteiger partial charge on any atom is 0.338 e. The van der Waals surface area contributed by atoms with Crippen LogP contribution in [-0.4, -0.2) is 40.0 Å². The molecular formula is C29H34N4O4. The second kappa shape index (κ2) is 9.32. The van der Waals surface area contributed by atoms with Crippen molar-refractivity contribution in [3.05, 3.63) is 58.2 Å². The summed E-state index contributed by atoms with van der Waals surface area (Å²) in [5.74, 6) is 0.572. The molecule has 1 saturated carbocycles. The molecule has 2 aliphatic rings. The Morgan fingerprint density at radius 2 is 1.95 bits per heavy atom. The van der Waals surface area contributed by atoms with Crippen LogP contribution in [0.1, 0.15) is 98.1 Å². The van der Waals surface area contributed by atoms with Gasteiger partial charge in [0.15, 0.2) is 5.88 Å². The van der Waals surface area contributed by atoms with Gasteiger partial charge in [0.05, 0.1) is 48.1 Å². The van der Waals surface area contributed by atoms with Crippen LogP contribution in [0.5, 0.6) is 5.88 Å². The summed E-state index contributed by atoms with van der Waals surface area (Å²) in [5.41, 5.74) is 6.64. The molecule has 0 spiro atoms. The van der Waals surface area contributed by atoms with Crippen molar-refractivity contribution in [3.63, 3.8) is 0 Å². The topological polar surface area (TPSA) is 94.8 Å². The lowest BCUT2D eigenvalue weighted by atomic mass is 9.95. The number of aromatic nitrogens is 3. The van der Waals surface area contributed by atoms with Gasteiger partial charge in [0.25, 0.3) is 0 Å². The fourth-order valence-electron chi connectivity index (χ4n) is 4.71. The highest BCUT2D eigenvalue weighted by molar-refractivity contribution is 5.92. The zero-order chi connectivity index (χ0) is 26.5. The monoisotopic (exact) mass is 502 g/mol. The molecule has 0 unspecified atom stereocenters. The maximum absolute atomic E-state index is 12.5. The van der Waals surface area contributed by atoms with Crippen molar-refractivity contribution in [3.8, 4) is 5.88 Å². The average molecular weight is 503 g/mol. The molecule has 5 rings (SSSR count). The van der Waals surface area contributed by atoms with E-state index < -0.39 is 11.4 Å². The zero-order valence-corrected chi connectivity index (χ0v) is 22.3. The van der Waals surface area contributed by atoms with Crippen LogP contribution in [0.15, 0.2) is 24.3 Å². The normalized spacial score (nSPS) is 15.8. The predicted octanol–water partition coefficient (Wildman–Crippen LogP) is 5.11. The molecule has 8 heteroatoms. The number of fused-ring (bicyclic) bond motifs is 2. The minimum Gasteiger partial charge on any atom is -0.482 e. The van der Waals surface area contributed by atoms with Gasteiger partial charge in [-0.25, -0.2) is 9.78 Å². The summed E-state index contributed by atoms with van der Waals surface area (Å²) in [6.07, 6.45) is 4.99. The minimum atomic E-state index is -0.462. The third-order valence-electron chi connectivity index (χ3n) is 6.90. The molecule has 3 aromatic heterocycles. The number of ether oxygens (including phenoxy) is 2. The largest absolute Gasteiger partial charge is 0.482 e. The van der Waals surface area contributed by atoms with Crippen LogP contribution >= 0.6 is 0 Å². The van der Waals surface area contributed by atoms with Gasteiger partial charge in [-0.1, -0.05) is 26.8 Å². The highest BCUT2D eigenvalue weighted by Gasteiger charge is 2.34. The SMILES string of the molecule is CCOC(=O)c1cc(OC)n2c(C3CC3)c(C3=Cc4ccc([C@@H](C)NC(=O)C(C)(C)C)nc4C3)nc2c1. The summed E-state index contributed by atoms with van der Waals surface area (Å²) in [5, 5.41) is 3.07. The molecule has 37 heavy (non-hydrogen) atoms. The molecule has 2 aliphatic carbocycles. The van der Waals surface area contributed by atoms with Gasteiger partial charge in [-0.3, -0.25) is 14.2 Å². The van der Waals surface area contributed by atoms with Gasteiger partial charge in [-0.2, -0.15) is 0 Å². The first-order valence-corrected chi connectivity index (χ1v) is 12.9. The standard InChI is InChI=1S/C29H34N4O4/c1-7-37-27(34)20-14-23-32-25(26(17-8-9-17)33(23)24(15-20)36-6)19-12-18-10-11-21(31-22(18)13-19)16(2)30-28(35)29(3,4)5/h10-12,14-17H,7-9,13H2,1-6H3,(H,30,35)/t16-/m1/s1. The van der Waals surface area contributed by atoms with E-state index in [-0.39, 0.29) is 11.9 Å². The van der Waals surface area contributed by atoms with Gasteiger partial charge in [0.2, 0.25) is 5.91 Å². The quantitative estimate of drug-likeness (QED) is 0.451. The van der Waals surface area contributed by atoms with Gasteiger partial charge in [0.1, 0.15) is 5.65 Å². The molecule has 8 nitrogen and oxygen atoms in total. The number of amides is 1. The van der Waals surface area contributed by atoms with Crippen LogP contribution in [0.2, 0.25) is 0 Å². The van der Waals surface area contributed by atoms with Crippen LogP contribution in [0.4, 0.5) is 0 Å². The van der Waals surface area contributed by atoms with Crippen LogP contribution < -0.4 is 10.1 Å². The summed E-state index contributed by atoms with van der Waals surface area (Å²) in [6.45, 7) is 9.75. The molecule has 0 aromatic carbocycles. The summed E-state index contributed by atoms with van der Waals surface area (Å²) in [7, 11) is 1.61. The number of hydrogen-bond donors (Lipinski definition) is 1. The number of carbonyl (C=O) groups excluding carboxylic acids is 2. The van der Waals surface area contributed by atoms with Gasteiger partial charge in [-0.05, 0) is 56.0 Å². The highest BCUT2D eigenvalue weighted by atomic mass is 16.5. The Balaban J connectivity index is 1.49. The Hall–Kier alpha value is -3.68. The summed E-state index contributed by atoms with van der Waals surface area (Å²) in [4.78, 5) is 34.8. The molecule has 0 bridgehead atoms. The Bertz CT molecular complexity index is 1430. The lowest BCUT2D eigenvalue weighted by Gasteiger charge is -2.22. The Kier molecular flexibility index (Phi) is 6.30. The van der Waals surface area contributed by atoms with E-state index >= 15 is 0 Å². The number of methoxy groups -OCH3 is 1. The fourth-order valence-corrected chi connectivity index (χ4v) is 4.71. The minimum absolute atomic E-state index is 0.00368. The van der Waals surface area contributed by atoms with Gasteiger partial charge in [-0.15, -0.1) is 0 Å². The summed E-state index contributed by atoms with van der Waals surface area (Å²) < 4.78 is 12.9. The molecule has 194 valence electrons. The molecule has 0 radical (unpaired) electrons. The number of hydrogen-bond acceptors (Lipinski definition) is 6. The average Bonchev–Trinajstić information content (AvgIpc) is 3.48. The van der Waals surface area contributed by atoms with E-state index in [4.69, 9.17) is 19.4 Å².